The first kappa shape index (κ1) is 14.3. The molecule has 1 aliphatic rings. The van der Waals surface area contributed by atoms with Crippen molar-refractivity contribution in [3.63, 3.8) is 0 Å². The normalized spacial score (nSPS) is 17.1. The number of carbonyl (C=O) groups excluding carboxylic acids is 1. The molecule has 1 atom stereocenters. The molecule has 6 heteroatoms. The Balaban J connectivity index is 1.67. The SMILES string of the molecule is N#Cc1cccc(CNC(=O)c2cn[nH]c2[C@H]2CCOC2)c1. The molecule has 2 heterocycles. The van der Waals surface area contributed by atoms with Gasteiger partial charge in [0.1, 0.15) is 0 Å². The highest BCUT2D eigenvalue weighted by Crippen LogP contribution is 2.26. The Morgan fingerprint density at radius 2 is 2.45 bits per heavy atom. The van der Waals surface area contributed by atoms with E-state index in [0.29, 0.717) is 30.9 Å². The van der Waals surface area contributed by atoms with Gasteiger partial charge in [0.2, 0.25) is 0 Å². The minimum atomic E-state index is -0.169. The Morgan fingerprint density at radius 1 is 1.55 bits per heavy atom. The van der Waals surface area contributed by atoms with Crippen LogP contribution < -0.4 is 5.32 Å². The average molecular weight is 296 g/mol. The van der Waals surface area contributed by atoms with Crippen molar-refractivity contribution in [3.8, 4) is 6.07 Å². The van der Waals surface area contributed by atoms with E-state index in [2.05, 4.69) is 21.6 Å². The van der Waals surface area contributed by atoms with Gasteiger partial charge in [-0.25, -0.2) is 0 Å². The number of nitrogens with one attached hydrogen (secondary N) is 2. The molecular weight excluding hydrogens is 280 g/mol. The number of nitriles is 1. The van der Waals surface area contributed by atoms with Crippen molar-refractivity contribution in [2.75, 3.05) is 13.2 Å². The summed E-state index contributed by atoms with van der Waals surface area (Å²) < 4.78 is 5.36. The first-order valence-electron chi connectivity index (χ1n) is 7.16. The van der Waals surface area contributed by atoms with Gasteiger partial charge in [-0.2, -0.15) is 10.4 Å². The van der Waals surface area contributed by atoms with E-state index in [0.717, 1.165) is 17.7 Å². The van der Waals surface area contributed by atoms with Crippen molar-refractivity contribution in [1.29, 1.82) is 5.26 Å². The average Bonchev–Trinajstić information content (AvgIpc) is 3.23. The lowest BCUT2D eigenvalue weighted by Gasteiger charge is -2.09. The van der Waals surface area contributed by atoms with Crippen LogP contribution in [0.15, 0.2) is 30.5 Å². The van der Waals surface area contributed by atoms with Crippen molar-refractivity contribution in [3.05, 3.63) is 52.8 Å². The van der Waals surface area contributed by atoms with Crippen molar-refractivity contribution < 1.29 is 9.53 Å². The highest BCUT2D eigenvalue weighted by atomic mass is 16.5. The summed E-state index contributed by atoms with van der Waals surface area (Å²) in [5.74, 6) is 0.0307. The van der Waals surface area contributed by atoms with Gasteiger partial charge in [-0.15, -0.1) is 0 Å². The van der Waals surface area contributed by atoms with E-state index < -0.39 is 0 Å². The van der Waals surface area contributed by atoms with Crippen LogP contribution in [0.3, 0.4) is 0 Å². The predicted octanol–water partition coefficient (Wildman–Crippen LogP) is 1.72. The zero-order valence-electron chi connectivity index (χ0n) is 12.0. The van der Waals surface area contributed by atoms with Crippen LogP contribution in [0, 0.1) is 11.3 Å². The lowest BCUT2D eigenvalue weighted by atomic mass is 10.0. The topological polar surface area (TPSA) is 90.8 Å². The third-order valence-electron chi connectivity index (χ3n) is 3.76. The van der Waals surface area contributed by atoms with Gasteiger partial charge >= 0.3 is 0 Å². The number of carbonyl (C=O) groups is 1. The fourth-order valence-electron chi connectivity index (χ4n) is 2.58. The Hall–Kier alpha value is -2.65. The molecule has 1 aromatic heterocycles. The monoisotopic (exact) mass is 296 g/mol. The van der Waals surface area contributed by atoms with Gasteiger partial charge < -0.3 is 10.1 Å². The largest absolute Gasteiger partial charge is 0.381 e. The molecule has 0 unspecified atom stereocenters. The number of aromatic nitrogens is 2. The number of nitrogens with zero attached hydrogens (tertiary/aromatic N) is 2. The molecule has 1 saturated heterocycles. The fourth-order valence-corrected chi connectivity index (χ4v) is 2.58. The van der Waals surface area contributed by atoms with E-state index in [-0.39, 0.29) is 11.8 Å². The summed E-state index contributed by atoms with van der Waals surface area (Å²) in [7, 11) is 0. The van der Waals surface area contributed by atoms with Crippen molar-refractivity contribution in [2.45, 2.75) is 18.9 Å². The molecule has 0 bridgehead atoms. The number of aromatic amines is 1. The third kappa shape index (κ3) is 3.00. The van der Waals surface area contributed by atoms with Crippen molar-refractivity contribution in [1.82, 2.24) is 15.5 Å². The lowest BCUT2D eigenvalue weighted by molar-refractivity contribution is 0.0949. The van der Waals surface area contributed by atoms with Crippen LogP contribution in [-0.4, -0.2) is 29.3 Å². The van der Waals surface area contributed by atoms with Gasteiger partial charge in [0.05, 0.1) is 35.7 Å². The van der Waals surface area contributed by atoms with E-state index >= 15 is 0 Å². The molecule has 6 nitrogen and oxygen atoms in total. The molecule has 1 fully saturated rings. The van der Waals surface area contributed by atoms with E-state index in [4.69, 9.17) is 10.00 Å². The second-order valence-corrected chi connectivity index (χ2v) is 5.25. The molecule has 1 aromatic carbocycles. The van der Waals surface area contributed by atoms with Gasteiger partial charge in [0, 0.05) is 19.1 Å². The van der Waals surface area contributed by atoms with Crippen molar-refractivity contribution in [2.24, 2.45) is 0 Å². The van der Waals surface area contributed by atoms with E-state index in [1.54, 1.807) is 24.4 Å². The number of benzene rings is 1. The lowest BCUT2D eigenvalue weighted by Crippen LogP contribution is -2.24. The first-order valence-corrected chi connectivity index (χ1v) is 7.16. The van der Waals surface area contributed by atoms with Crippen LogP contribution >= 0.6 is 0 Å². The molecule has 22 heavy (non-hydrogen) atoms. The number of hydrogen-bond acceptors (Lipinski definition) is 4. The summed E-state index contributed by atoms with van der Waals surface area (Å²) in [6.07, 6.45) is 2.45. The Bertz CT molecular complexity index is 711. The molecule has 1 amide bonds. The highest BCUT2D eigenvalue weighted by molar-refractivity contribution is 5.95. The second kappa shape index (κ2) is 6.41. The Kier molecular flexibility index (Phi) is 4.17. The smallest absolute Gasteiger partial charge is 0.255 e. The summed E-state index contributed by atoms with van der Waals surface area (Å²) in [6.45, 7) is 1.71. The molecule has 3 rings (SSSR count). The van der Waals surface area contributed by atoms with Gasteiger partial charge in [-0.05, 0) is 24.1 Å². The predicted molar refractivity (Wildman–Crippen MR) is 79.1 cm³/mol. The summed E-state index contributed by atoms with van der Waals surface area (Å²) in [5.41, 5.74) is 2.87. The van der Waals surface area contributed by atoms with Crippen LogP contribution in [0.2, 0.25) is 0 Å². The molecule has 112 valence electrons. The van der Waals surface area contributed by atoms with Crippen LogP contribution in [-0.2, 0) is 11.3 Å². The zero-order chi connectivity index (χ0) is 15.4. The van der Waals surface area contributed by atoms with Crippen LogP contribution in [0.4, 0.5) is 0 Å². The summed E-state index contributed by atoms with van der Waals surface area (Å²) in [5, 5.41) is 18.6. The quantitative estimate of drug-likeness (QED) is 0.898. The number of rotatable bonds is 4. The second-order valence-electron chi connectivity index (χ2n) is 5.25. The maximum atomic E-state index is 12.3. The van der Waals surface area contributed by atoms with Crippen LogP contribution in [0.5, 0.6) is 0 Å². The fraction of sp³-hybridized carbons (Fsp3) is 0.312. The third-order valence-corrected chi connectivity index (χ3v) is 3.76. The molecule has 0 spiro atoms. The Labute approximate surface area is 128 Å². The molecule has 2 aromatic rings. The number of ether oxygens (including phenoxy) is 1. The van der Waals surface area contributed by atoms with E-state index in [9.17, 15) is 4.79 Å². The number of amides is 1. The van der Waals surface area contributed by atoms with Gasteiger partial charge in [-0.3, -0.25) is 9.89 Å². The zero-order valence-corrected chi connectivity index (χ0v) is 12.0. The minimum absolute atomic E-state index is 0.169. The number of hydrogen-bond donors (Lipinski definition) is 2. The summed E-state index contributed by atoms with van der Waals surface area (Å²) in [6, 6.07) is 9.27. The molecular formula is C16H16N4O2. The molecule has 0 radical (unpaired) electrons. The molecule has 2 N–H and O–H groups in total. The van der Waals surface area contributed by atoms with E-state index in [1.165, 1.54) is 0 Å². The summed E-state index contributed by atoms with van der Waals surface area (Å²) >= 11 is 0. The molecule has 0 saturated carbocycles. The standard InChI is InChI=1S/C16H16N4O2/c17-7-11-2-1-3-12(6-11)8-18-16(21)14-9-19-20-15(14)13-4-5-22-10-13/h1-3,6,9,13H,4-5,8,10H2,(H,18,21)(H,19,20)/t13-/m0/s1. The van der Waals surface area contributed by atoms with Gasteiger partial charge in [-0.1, -0.05) is 12.1 Å². The maximum absolute atomic E-state index is 12.3. The van der Waals surface area contributed by atoms with Gasteiger partial charge in [0.25, 0.3) is 5.91 Å². The Morgan fingerprint density at radius 3 is 3.23 bits per heavy atom. The molecule has 1 aliphatic heterocycles. The summed E-state index contributed by atoms with van der Waals surface area (Å²) in [4.78, 5) is 12.3. The maximum Gasteiger partial charge on any atom is 0.255 e. The van der Waals surface area contributed by atoms with Crippen LogP contribution in [0.25, 0.3) is 0 Å². The minimum Gasteiger partial charge on any atom is -0.381 e. The number of H-pyrrole nitrogens is 1. The molecule has 0 aliphatic carbocycles. The van der Waals surface area contributed by atoms with Crippen molar-refractivity contribution >= 4 is 5.91 Å². The van der Waals surface area contributed by atoms with E-state index in [1.807, 2.05) is 6.07 Å². The highest BCUT2D eigenvalue weighted by Gasteiger charge is 2.25. The first-order chi connectivity index (χ1) is 10.8. The van der Waals surface area contributed by atoms with Gasteiger partial charge in [0.15, 0.2) is 0 Å². The van der Waals surface area contributed by atoms with Crippen LogP contribution in [0.1, 0.15) is 39.5 Å².